The monoisotopic (exact) mass is 493 g/mol. The van der Waals surface area contributed by atoms with Gasteiger partial charge in [0.25, 0.3) is 0 Å². The van der Waals surface area contributed by atoms with Crippen LogP contribution < -0.4 is 16.0 Å². The van der Waals surface area contributed by atoms with E-state index in [1.807, 2.05) is 29.7 Å². The van der Waals surface area contributed by atoms with Gasteiger partial charge in [-0.25, -0.2) is 4.98 Å². The number of carbonyl (C=O) groups excluding carboxylic acids is 2. The van der Waals surface area contributed by atoms with E-state index >= 15 is 0 Å². The third-order valence-electron chi connectivity index (χ3n) is 7.92. The zero-order chi connectivity index (χ0) is 25.7. The average Bonchev–Trinajstić information content (AvgIpc) is 3.28. The second kappa shape index (κ2) is 8.76. The summed E-state index contributed by atoms with van der Waals surface area (Å²) in [5.74, 6) is 0.566. The fraction of sp³-hybridized carbons (Fsp3) is 0.300. The minimum absolute atomic E-state index is 0.0313. The Morgan fingerprint density at radius 1 is 1.24 bits per heavy atom. The molecule has 2 atom stereocenters. The molecular weight excluding hydrogens is 462 g/mol. The van der Waals surface area contributed by atoms with E-state index < -0.39 is 5.41 Å². The van der Waals surface area contributed by atoms with Crippen LogP contribution in [0.5, 0.6) is 0 Å². The highest BCUT2D eigenvalue weighted by molar-refractivity contribution is 6.05. The summed E-state index contributed by atoms with van der Waals surface area (Å²) in [4.78, 5) is 30.4. The smallest absolute Gasteiger partial charge is 0.240 e. The molecule has 0 radical (unpaired) electrons. The van der Waals surface area contributed by atoms with Crippen molar-refractivity contribution in [2.45, 2.75) is 57.5 Å². The number of aryl methyl sites for hydroxylation is 1. The predicted octanol–water partition coefficient (Wildman–Crippen LogP) is 4.97. The van der Waals surface area contributed by atoms with Crippen LogP contribution in [0.15, 0.2) is 78.3 Å². The van der Waals surface area contributed by atoms with Gasteiger partial charge >= 0.3 is 0 Å². The number of carbonyl (C=O) groups is 2. The zero-order valence-electron chi connectivity index (χ0n) is 21.2. The molecule has 0 bridgehead atoms. The lowest BCUT2D eigenvalue weighted by molar-refractivity contribution is -0.122. The van der Waals surface area contributed by atoms with Crippen molar-refractivity contribution in [1.29, 1.82) is 0 Å². The summed E-state index contributed by atoms with van der Waals surface area (Å²) in [5.41, 5.74) is 6.80. The van der Waals surface area contributed by atoms with E-state index in [-0.39, 0.29) is 24.4 Å². The number of benzene rings is 1. The molecule has 188 valence electrons. The van der Waals surface area contributed by atoms with E-state index in [1.54, 1.807) is 6.20 Å². The molecule has 3 aliphatic rings. The number of hydrogen-bond acceptors (Lipinski definition) is 4. The van der Waals surface area contributed by atoms with Crippen LogP contribution in [0.25, 0.3) is 10.9 Å². The SMILES string of the molecule is C=C1CCc2cn(CC(=O)NC3C=C(CC4(C)C(=O)Nc5ncccc54)C(C)=CC3)c3cccc(c23)N1. The first-order valence-corrected chi connectivity index (χ1v) is 12.8. The number of pyridine rings is 1. The van der Waals surface area contributed by atoms with Gasteiger partial charge in [0.05, 0.1) is 17.0 Å². The Bertz CT molecular complexity index is 1530. The van der Waals surface area contributed by atoms with E-state index in [9.17, 15) is 9.59 Å². The highest BCUT2D eigenvalue weighted by atomic mass is 16.2. The molecule has 0 fully saturated rings. The fourth-order valence-electron chi connectivity index (χ4n) is 5.86. The minimum atomic E-state index is -0.696. The van der Waals surface area contributed by atoms with Gasteiger partial charge in [0, 0.05) is 34.7 Å². The van der Waals surface area contributed by atoms with Crippen LogP contribution in [0.3, 0.4) is 0 Å². The van der Waals surface area contributed by atoms with Crippen molar-refractivity contribution in [2.24, 2.45) is 0 Å². The normalized spacial score (nSPS) is 22.5. The third-order valence-corrected chi connectivity index (χ3v) is 7.92. The first-order chi connectivity index (χ1) is 17.8. The van der Waals surface area contributed by atoms with Gasteiger partial charge in [0.15, 0.2) is 0 Å². The fourth-order valence-corrected chi connectivity index (χ4v) is 5.86. The Morgan fingerprint density at radius 2 is 2.11 bits per heavy atom. The van der Waals surface area contributed by atoms with Gasteiger partial charge in [0.1, 0.15) is 12.4 Å². The lowest BCUT2D eigenvalue weighted by atomic mass is 9.76. The highest BCUT2D eigenvalue weighted by Crippen LogP contribution is 2.42. The molecule has 0 spiro atoms. The summed E-state index contributed by atoms with van der Waals surface area (Å²) < 4.78 is 2.04. The van der Waals surface area contributed by atoms with Crippen molar-refractivity contribution in [2.75, 3.05) is 10.6 Å². The Hall–Kier alpha value is -4.13. The number of anilines is 2. The maximum atomic E-state index is 13.2. The van der Waals surface area contributed by atoms with Crippen molar-refractivity contribution >= 4 is 34.2 Å². The van der Waals surface area contributed by atoms with Gasteiger partial charge in [-0.05, 0) is 68.9 Å². The topological polar surface area (TPSA) is 88.1 Å². The van der Waals surface area contributed by atoms with E-state index in [0.717, 1.165) is 52.9 Å². The molecule has 4 heterocycles. The number of hydrogen-bond donors (Lipinski definition) is 3. The summed E-state index contributed by atoms with van der Waals surface area (Å²) in [6.07, 6.45) is 11.1. The molecule has 2 aliphatic heterocycles. The molecule has 2 amide bonds. The number of nitrogens with one attached hydrogen (secondary N) is 3. The standard InChI is InChI=1S/C30H31N5O2/c1-18-9-12-22(14-21(18)15-30(3)23-6-5-13-31-28(23)34-29(30)37)33-26(36)17-35-16-20-11-10-19(2)32-24-7-4-8-25(35)27(20)24/h4-9,13-14,16,22,32H,2,10-12,15,17H2,1,3H3,(H,33,36)(H,31,34,37). The number of allylic oxidation sites excluding steroid dienone is 3. The second-order valence-corrected chi connectivity index (χ2v) is 10.6. The van der Waals surface area contributed by atoms with E-state index in [1.165, 1.54) is 10.9 Å². The Morgan fingerprint density at radius 3 is 2.97 bits per heavy atom. The molecule has 2 unspecified atom stereocenters. The summed E-state index contributed by atoms with van der Waals surface area (Å²) in [5, 5.41) is 10.7. The largest absolute Gasteiger partial charge is 0.359 e. The number of fused-ring (bicyclic) bond motifs is 1. The van der Waals surface area contributed by atoms with Crippen molar-refractivity contribution in [1.82, 2.24) is 14.9 Å². The van der Waals surface area contributed by atoms with Crippen molar-refractivity contribution < 1.29 is 9.59 Å². The summed E-state index contributed by atoms with van der Waals surface area (Å²) in [7, 11) is 0. The van der Waals surface area contributed by atoms with E-state index in [0.29, 0.717) is 12.2 Å². The van der Waals surface area contributed by atoms with Gasteiger partial charge in [-0.2, -0.15) is 0 Å². The molecule has 7 nitrogen and oxygen atoms in total. The van der Waals surface area contributed by atoms with Crippen molar-refractivity contribution in [3.05, 3.63) is 89.4 Å². The van der Waals surface area contributed by atoms with E-state index in [2.05, 4.69) is 64.9 Å². The van der Waals surface area contributed by atoms with Crippen LogP contribution in [0, 0.1) is 0 Å². The molecule has 37 heavy (non-hydrogen) atoms. The summed E-state index contributed by atoms with van der Waals surface area (Å²) >= 11 is 0. The maximum Gasteiger partial charge on any atom is 0.240 e. The Kier molecular flexibility index (Phi) is 5.51. The Balaban J connectivity index is 1.20. The second-order valence-electron chi connectivity index (χ2n) is 10.6. The molecule has 0 saturated heterocycles. The van der Waals surface area contributed by atoms with Gasteiger partial charge in [-0.3, -0.25) is 9.59 Å². The summed E-state index contributed by atoms with van der Waals surface area (Å²) in [6, 6.07) is 9.86. The molecule has 1 aromatic carbocycles. The van der Waals surface area contributed by atoms with Gasteiger partial charge in [-0.15, -0.1) is 0 Å². The maximum absolute atomic E-state index is 13.2. The van der Waals surface area contributed by atoms with E-state index in [4.69, 9.17) is 0 Å². The van der Waals surface area contributed by atoms with Gasteiger partial charge in [0.2, 0.25) is 11.8 Å². The number of amides is 2. The molecule has 2 aromatic heterocycles. The molecule has 3 aromatic rings. The first kappa shape index (κ1) is 23.3. The minimum Gasteiger partial charge on any atom is -0.359 e. The van der Waals surface area contributed by atoms with Gasteiger partial charge < -0.3 is 20.5 Å². The van der Waals surface area contributed by atoms with Crippen molar-refractivity contribution in [3.63, 3.8) is 0 Å². The van der Waals surface area contributed by atoms with Crippen LogP contribution in [0.4, 0.5) is 11.5 Å². The number of aromatic nitrogens is 2. The highest BCUT2D eigenvalue weighted by Gasteiger charge is 2.44. The lowest BCUT2D eigenvalue weighted by Gasteiger charge is -2.28. The lowest BCUT2D eigenvalue weighted by Crippen LogP contribution is -2.37. The van der Waals surface area contributed by atoms with Crippen LogP contribution >= 0.6 is 0 Å². The van der Waals surface area contributed by atoms with Gasteiger partial charge in [-0.1, -0.05) is 36.4 Å². The average molecular weight is 494 g/mol. The molecule has 0 saturated carbocycles. The quantitative estimate of drug-likeness (QED) is 0.468. The first-order valence-electron chi connectivity index (χ1n) is 12.8. The Labute approximate surface area is 216 Å². The number of rotatable bonds is 5. The summed E-state index contributed by atoms with van der Waals surface area (Å²) in [6.45, 7) is 8.40. The van der Waals surface area contributed by atoms with Crippen molar-refractivity contribution in [3.8, 4) is 0 Å². The predicted molar refractivity (Wildman–Crippen MR) is 146 cm³/mol. The molecular formula is C30H31N5O2. The third kappa shape index (κ3) is 4.04. The van der Waals surface area contributed by atoms with Crippen LogP contribution in [-0.2, 0) is 28.0 Å². The number of nitrogens with zero attached hydrogens (tertiary/aromatic N) is 2. The molecule has 3 N–H and O–H groups in total. The van der Waals surface area contributed by atoms with Crippen LogP contribution in [-0.4, -0.2) is 27.4 Å². The molecule has 1 aliphatic carbocycles. The van der Waals surface area contributed by atoms with Crippen LogP contribution in [0.1, 0.15) is 44.2 Å². The molecule has 7 heteroatoms. The zero-order valence-corrected chi connectivity index (χ0v) is 21.2. The molecule has 6 rings (SSSR count). The van der Waals surface area contributed by atoms with Crippen LogP contribution in [0.2, 0.25) is 0 Å².